The molecule has 6 heteroatoms. The molecule has 6 nitrogen and oxygen atoms in total. The molecule has 1 fully saturated rings. The molecule has 1 atom stereocenters. The number of benzene rings is 1. The molecule has 1 aliphatic heterocycles. The van der Waals surface area contributed by atoms with Crippen molar-refractivity contribution in [1.29, 1.82) is 0 Å². The van der Waals surface area contributed by atoms with E-state index in [1.807, 2.05) is 30.0 Å². The van der Waals surface area contributed by atoms with Gasteiger partial charge >= 0.3 is 0 Å². The zero-order chi connectivity index (χ0) is 17.1. The van der Waals surface area contributed by atoms with E-state index in [0.717, 1.165) is 36.3 Å². The Labute approximate surface area is 142 Å². The van der Waals surface area contributed by atoms with Crippen molar-refractivity contribution in [3.05, 3.63) is 41.0 Å². The maximum Gasteiger partial charge on any atom is 0.253 e. The first-order chi connectivity index (χ1) is 11.5. The largest absolute Gasteiger partial charge is 0.376 e. The standard InChI is InChI=1S/C18H24N4O2/c1-12-5-4-8-22(11-12)18(23)15-6-7-16(13(2)9-15)19-10-17-20-14(3)21-24-17/h6-7,9,12,19H,4-5,8,10-11H2,1-3H3. The number of aromatic nitrogens is 2. The summed E-state index contributed by atoms with van der Waals surface area (Å²) >= 11 is 0. The summed E-state index contributed by atoms with van der Waals surface area (Å²) in [6.07, 6.45) is 2.30. The van der Waals surface area contributed by atoms with Gasteiger partial charge in [-0.25, -0.2) is 0 Å². The zero-order valence-electron chi connectivity index (χ0n) is 14.5. The number of rotatable bonds is 4. The van der Waals surface area contributed by atoms with Gasteiger partial charge in [0.25, 0.3) is 5.91 Å². The Morgan fingerprint density at radius 2 is 2.25 bits per heavy atom. The first-order valence-corrected chi connectivity index (χ1v) is 8.46. The predicted molar refractivity (Wildman–Crippen MR) is 91.8 cm³/mol. The van der Waals surface area contributed by atoms with Crippen LogP contribution in [0.4, 0.5) is 5.69 Å². The number of piperidine rings is 1. The summed E-state index contributed by atoms with van der Waals surface area (Å²) in [5.74, 6) is 1.89. The van der Waals surface area contributed by atoms with Crippen LogP contribution in [0.5, 0.6) is 0 Å². The van der Waals surface area contributed by atoms with Crippen LogP contribution in [-0.4, -0.2) is 34.0 Å². The zero-order valence-corrected chi connectivity index (χ0v) is 14.5. The smallest absolute Gasteiger partial charge is 0.253 e. The van der Waals surface area contributed by atoms with E-state index < -0.39 is 0 Å². The average molecular weight is 328 g/mol. The quantitative estimate of drug-likeness (QED) is 0.933. The molecule has 24 heavy (non-hydrogen) atoms. The molecule has 1 saturated heterocycles. The van der Waals surface area contributed by atoms with Gasteiger partial charge in [-0.1, -0.05) is 12.1 Å². The fourth-order valence-electron chi connectivity index (χ4n) is 3.13. The topological polar surface area (TPSA) is 71.3 Å². The van der Waals surface area contributed by atoms with Gasteiger partial charge in [-0.05, 0) is 56.4 Å². The Morgan fingerprint density at radius 3 is 2.92 bits per heavy atom. The summed E-state index contributed by atoms with van der Waals surface area (Å²) in [5, 5.41) is 7.04. The van der Waals surface area contributed by atoms with E-state index in [0.29, 0.717) is 24.2 Å². The highest BCUT2D eigenvalue weighted by atomic mass is 16.5. The van der Waals surface area contributed by atoms with Crippen LogP contribution in [0, 0.1) is 19.8 Å². The molecule has 2 heterocycles. The van der Waals surface area contributed by atoms with Crippen molar-refractivity contribution in [2.45, 2.75) is 40.2 Å². The molecule has 1 aromatic carbocycles. The van der Waals surface area contributed by atoms with Crippen LogP contribution in [0.3, 0.4) is 0 Å². The lowest BCUT2D eigenvalue weighted by atomic mass is 9.99. The van der Waals surface area contributed by atoms with Gasteiger partial charge in [0.1, 0.15) is 0 Å². The number of anilines is 1. The van der Waals surface area contributed by atoms with Gasteiger partial charge in [0.2, 0.25) is 5.89 Å². The third-order valence-corrected chi connectivity index (χ3v) is 4.42. The molecule has 0 bridgehead atoms. The molecule has 0 spiro atoms. The minimum Gasteiger partial charge on any atom is -0.376 e. The second kappa shape index (κ2) is 7.03. The number of nitrogens with zero attached hydrogens (tertiary/aromatic N) is 3. The van der Waals surface area contributed by atoms with E-state index in [1.165, 1.54) is 6.42 Å². The fraction of sp³-hybridized carbons (Fsp3) is 0.500. The number of aryl methyl sites for hydroxylation is 2. The fourth-order valence-corrected chi connectivity index (χ4v) is 3.13. The van der Waals surface area contributed by atoms with Gasteiger partial charge in [-0.15, -0.1) is 0 Å². The highest BCUT2D eigenvalue weighted by Crippen LogP contribution is 2.21. The lowest BCUT2D eigenvalue weighted by Crippen LogP contribution is -2.39. The second-order valence-corrected chi connectivity index (χ2v) is 6.62. The number of likely N-dealkylation sites (tertiary alicyclic amines) is 1. The SMILES string of the molecule is Cc1noc(CNc2ccc(C(=O)N3CCCC(C)C3)cc2C)n1. The average Bonchev–Trinajstić information content (AvgIpc) is 2.98. The minimum absolute atomic E-state index is 0.128. The van der Waals surface area contributed by atoms with E-state index in [-0.39, 0.29) is 5.91 Å². The summed E-state index contributed by atoms with van der Waals surface area (Å²) in [7, 11) is 0. The van der Waals surface area contributed by atoms with Crippen LogP contribution in [-0.2, 0) is 6.54 Å². The maximum atomic E-state index is 12.7. The Morgan fingerprint density at radius 1 is 1.42 bits per heavy atom. The number of hydrogen-bond donors (Lipinski definition) is 1. The van der Waals surface area contributed by atoms with Crippen molar-refractivity contribution in [2.24, 2.45) is 5.92 Å². The molecule has 1 N–H and O–H groups in total. The van der Waals surface area contributed by atoms with Crippen LogP contribution < -0.4 is 5.32 Å². The van der Waals surface area contributed by atoms with Crippen LogP contribution in [0.25, 0.3) is 0 Å². The summed E-state index contributed by atoms with van der Waals surface area (Å²) in [6, 6.07) is 5.78. The summed E-state index contributed by atoms with van der Waals surface area (Å²) in [6.45, 7) is 8.18. The van der Waals surface area contributed by atoms with Crippen LogP contribution in [0.2, 0.25) is 0 Å². The Bertz CT molecular complexity index is 726. The third kappa shape index (κ3) is 3.75. The number of carbonyl (C=O) groups is 1. The summed E-state index contributed by atoms with van der Waals surface area (Å²) in [5.41, 5.74) is 2.75. The van der Waals surface area contributed by atoms with Crippen molar-refractivity contribution in [1.82, 2.24) is 15.0 Å². The minimum atomic E-state index is 0.128. The summed E-state index contributed by atoms with van der Waals surface area (Å²) < 4.78 is 5.09. The van der Waals surface area contributed by atoms with Crippen molar-refractivity contribution >= 4 is 11.6 Å². The number of hydrogen-bond acceptors (Lipinski definition) is 5. The van der Waals surface area contributed by atoms with Crippen molar-refractivity contribution in [3.8, 4) is 0 Å². The number of nitrogens with one attached hydrogen (secondary N) is 1. The van der Waals surface area contributed by atoms with E-state index >= 15 is 0 Å². The molecule has 0 saturated carbocycles. The maximum absolute atomic E-state index is 12.7. The number of amides is 1. The molecule has 0 aliphatic carbocycles. The first-order valence-electron chi connectivity index (χ1n) is 8.46. The highest BCUT2D eigenvalue weighted by molar-refractivity contribution is 5.95. The molecular weight excluding hydrogens is 304 g/mol. The van der Waals surface area contributed by atoms with Gasteiger partial charge in [-0.2, -0.15) is 4.98 Å². The van der Waals surface area contributed by atoms with Crippen LogP contribution >= 0.6 is 0 Å². The Hall–Kier alpha value is -2.37. The lowest BCUT2D eigenvalue weighted by Gasteiger charge is -2.31. The predicted octanol–water partition coefficient (Wildman–Crippen LogP) is 3.17. The second-order valence-electron chi connectivity index (χ2n) is 6.62. The molecule has 2 aromatic rings. The normalized spacial score (nSPS) is 17.8. The lowest BCUT2D eigenvalue weighted by molar-refractivity contribution is 0.0683. The van der Waals surface area contributed by atoms with E-state index in [1.54, 1.807) is 6.92 Å². The van der Waals surface area contributed by atoms with Gasteiger partial charge < -0.3 is 14.7 Å². The van der Waals surface area contributed by atoms with Gasteiger partial charge in [0, 0.05) is 24.3 Å². The molecule has 0 radical (unpaired) electrons. The molecule has 3 rings (SSSR count). The van der Waals surface area contributed by atoms with Gasteiger partial charge in [-0.3, -0.25) is 4.79 Å². The molecule has 1 aliphatic rings. The van der Waals surface area contributed by atoms with Crippen molar-refractivity contribution in [3.63, 3.8) is 0 Å². The van der Waals surface area contributed by atoms with E-state index in [2.05, 4.69) is 22.4 Å². The van der Waals surface area contributed by atoms with E-state index in [9.17, 15) is 4.79 Å². The molecule has 1 aromatic heterocycles. The molecule has 1 unspecified atom stereocenters. The van der Waals surface area contributed by atoms with E-state index in [4.69, 9.17) is 4.52 Å². The van der Waals surface area contributed by atoms with Gasteiger partial charge in [0.15, 0.2) is 5.82 Å². The molecular formula is C18H24N4O2. The van der Waals surface area contributed by atoms with Crippen molar-refractivity contribution < 1.29 is 9.32 Å². The van der Waals surface area contributed by atoms with Gasteiger partial charge in [0.05, 0.1) is 6.54 Å². The van der Waals surface area contributed by atoms with Crippen molar-refractivity contribution in [2.75, 3.05) is 18.4 Å². The van der Waals surface area contributed by atoms with Crippen LogP contribution in [0.1, 0.15) is 47.4 Å². The number of carbonyl (C=O) groups excluding carboxylic acids is 1. The summed E-state index contributed by atoms with van der Waals surface area (Å²) in [4.78, 5) is 18.8. The Balaban J connectivity index is 1.66. The first kappa shape index (κ1) is 16.5. The molecule has 128 valence electrons. The van der Waals surface area contributed by atoms with Crippen LogP contribution in [0.15, 0.2) is 22.7 Å². The molecule has 1 amide bonds. The monoisotopic (exact) mass is 328 g/mol. The highest BCUT2D eigenvalue weighted by Gasteiger charge is 2.22. The Kier molecular flexibility index (Phi) is 4.83. The third-order valence-electron chi connectivity index (χ3n) is 4.42.